The van der Waals surface area contributed by atoms with Gasteiger partial charge in [-0.05, 0) is 66.4 Å². The summed E-state index contributed by atoms with van der Waals surface area (Å²) in [5.74, 6) is 0.865. The summed E-state index contributed by atoms with van der Waals surface area (Å²) in [7, 11) is 0. The molecule has 0 radical (unpaired) electrons. The van der Waals surface area contributed by atoms with Gasteiger partial charge in [0, 0.05) is 11.1 Å². The van der Waals surface area contributed by atoms with Gasteiger partial charge in [-0.1, -0.05) is 11.6 Å². The molecule has 1 aliphatic rings. The third-order valence-corrected chi connectivity index (χ3v) is 3.59. The van der Waals surface area contributed by atoms with Crippen molar-refractivity contribution in [2.75, 3.05) is 13.2 Å². The van der Waals surface area contributed by atoms with Crippen LogP contribution < -0.4 is 10.1 Å². The smallest absolute Gasteiger partial charge is 0.133 e. The van der Waals surface area contributed by atoms with E-state index in [0.29, 0.717) is 0 Å². The Balaban J connectivity index is 1.60. The molecule has 1 saturated carbocycles. The quantitative estimate of drug-likeness (QED) is 0.767. The van der Waals surface area contributed by atoms with E-state index in [2.05, 4.69) is 21.2 Å². The number of hydrogen-bond donors (Lipinski definition) is 1. The molecule has 2 nitrogen and oxygen atoms in total. The number of nitrogens with one attached hydrogen (secondary N) is 1. The molecule has 0 saturated heterocycles. The Labute approximate surface area is 116 Å². The highest BCUT2D eigenvalue weighted by atomic mass is 79.9. The maximum atomic E-state index is 5.86. The average molecular weight is 319 g/mol. The van der Waals surface area contributed by atoms with E-state index in [9.17, 15) is 0 Å². The number of rotatable bonds is 7. The Morgan fingerprint density at radius 3 is 2.88 bits per heavy atom. The number of halogens is 2. The Kier molecular flexibility index (Phi) is 5.14. The molecule has 4 heteroatoms. The van der Waals surface area contributed by atoms with Crippen molar-refractivity contribution in [2.24, 2.45) is 0 Å². The van der Waals surface area contributed by atoms with Gasteiger partial charge in [0.2, 0.25) is 0 Å². The summed E-state index contributed by atoms with van der Waals surface area (Å²) in [5.41, 5.74) is 0. The van der Waals surface area contributed by atoms with Crippen molar-refractivity contribution in [3.63, 3.8) is 0 Å². The van der Waals surface area contributed by atoms with Gasteiger partial charge in [0.25, 0.3) is 0 Å². The molecular formula is C13H17BrClNO. The molecule has 0 bridgehead atoms. The van der Waals surface area contributed by atoms with Crippen LogP contribution >= 0.6 is 27.5 Å². The maximum absolute atomic E-state index is 5.86. The first kappa shape index (κ1) is 13.2. The Morgan fingerprint density at radius 1 is 1.35 bits per heavy atom. The molecule has 1 fully saturated rings. The molecule has 1 aliphatic carbocycles. The van der Waals surface area contributed by atoms with Crippen molar-refractivity contribution in [3.8, 4) is 5.75 Å². The standard InChI is InChI=1S/C13H17BrClNO/c14-12-9-10(15)3-6-13(12)17-8-2-1-7-16-11-4-5-11/h3,6,9,11,16H,1-2,4-5,7-8H2. The third kappa shape index (κ3) is 4.86. The zero-order valence-electron chi connectivity index (χ0n) is 9.72. The molecule has 0 unspecified atom stereocenters. The molecule has 17 heavy (non-hydrogen) atoms. The van der Waals surface area contributed by atoms with Crippen LogP contribution in [0.15, 0.2) is 22.7 Å². The van der Waals surface area contributed by atoms with Crippen LogP contribution in [0.25, 0.3) is 0 Å². The molecule has 0 aliphatic heterocycles. The minimum Gasteiger partial charge on any atom is -0.492 e. The van der Waals surface area contributed by atoms with E-state index in [1.807, 2.05) is 18.2 Å². The minimum absolute atomic E-state index is 0.720. The van der Waals surface area contributed by atoms with Gasteiger partial charge >= 0.3 is 0 Å². The minimum atomic E-state index is 0.720. The summed E-state index contributed by atoms with van der Waals surface area (Å²) in [6.45, 7) is 1.86. The highest BCUT2D eigenvalue weighted by Gasteiger charge is 2.19. The Hall–Kier alpha value is -0.250. The fourth-order valence-corrected chi connectivity index (χ4v) is 2.39. The summed E-state index contributed by atoms with van der Waals surface area (Å²) >= 11 is 9.30. The summed E-state index contributed by atoms with van der Waals surface area (Å²) in [5, 5.41) is 4.21. The molecule has 0 heterocycles. The predicted molar refractivity (Wildman–Crippen MR) is 74.9 cm³/mol. The molecule has 94 valence electrons. The van der Waals surface area contributed by atoms with Gasteiger partial charge in [-0.25, -0.2) is 0 Å². The molecule has 0 spiro atoms. The van der Waals surface area contributed by atoms with Gasteiger partial charge in [0.05, 0.1) is 11.1 Å². The average Bonchev–Trinajstić information content (AvgIpc) is 3.09. The van der Waals surface area contributed by atoms with Gasteiger partial charge in [-0.3, -0.25) is 0 Å². The molecule has 1 aromatic rings. The summed E-state index contributed by atoms with van der Waals surface area (Å²) in [6, 6.07) is 6.40. The van der Waals surface area contributed by atoms with Crippen molar-refractivity contribution >= 4 is 27.5 Å². The van der Waals surface area contributed by atoms with Crippen molar-refractivity contribution in [1.82, 2.24) is 5.32 Å². The SMILES string of the molecule is Clc1ccc(OCCCCNC2CC2)c(Br)c1. The first-order chi connectivity index (χ1) is 8.25. The lowest BCUT2D eigenvalue weighted by molar-refractivity contribution is 0.304. The van der Waals surface area contributed by atoms with Crippen LogP contribution in [0.2, 0.25) is 5.02 Å². The van der Waals surface area contributed by atoms with E-state index in [1.54, 1.807) is 0 Å². The van der Waals surface area contributed by atoms with Gasteiger partial charge in [0.1, 0.15) is 5.75 Å². The fraction of sp³-hybridized carbons (Fsp3) is 0.538. The van der Waals surface area contributed by atoms with Gasteiger partial charge in [-0.15, -0.1) is 0 Å². The summed E-state index contributed by atoms with van der Waals surface area (Å²) < 4.78 is 6.60. The first-order valence-electron chi connectivity index (χ1n) is 6.07. The lowest BCUT2D eigenvalue weighted by atomic mass is 10.3. The molecule has 0 atom stereocenters. The lowest BCUT2D eigenvalue weighted by Crippen LogP contribution is -2.17. The van der Waals surface area contributed by atoms with E-state index >= 15 is 0 Å². The molecule has 2 rings (SSSR count). The summed E-state index contributed by atoms with van der Waals surface area (Å²) in [4.78, 5) is 0. The van der Waals surface area contributed by atoms with Crippen molar-refractivity contribution in [1.29, 1.82) is 0 Å². The monoisotopic (exact) mass is 317 g/mol. The van der Waals surface area contributed by atoms with Gasteiger partial charge < -0.3 is 10.1 Å². The number of benzene rings is 1. The lowest BCUT2D eigenvalue weighted by Gasteiger charge is -2.08. The van der Waals surface area contributed by atoms with Crippen LogP contribution in [-0.4, -0.2) is 19.2 Å². The van der Waals surface area contributed by atoms with Crippen LogP contribution in [0.5, 0.6) is 5.75 Å². The number of ether oxygens (including phenoxy) is 1. The number of hydrogen-bond acceptors (Lipinski definition) is 2. The Morgan fingerprint density at radius 2 is 2.18 bits per heavy atom. The van der Waals surface area contributed by atoms with E-state index in [-0.39, 0.29) is 0 Å². The van der Waals surface area contributed by atoms with Crippen LogP contribution in [0.1, 0.15) is 25.7 Å². The predicted octanol–water partition coefficient (Wildman–Crippen LogP) is 4.01. The Bertz CT molecular complexity index is 368. The maximum Gasteiger partial charge on any atom is 0.133 e. The molecule has 0 aromatic heterocycles. The second-order valence-electron chi connectivity index (χ2n) is 4.36. The summed E-state index contributed by atoms with van der Waals surface area (Å²) in [6.07, 6.45) is 4.96. The van der Waals surface area contributed by atoms with Crippen LogP contribution in [0.4, 0.5) is 0 Å². The van der Waals surface area contributed by atoms with Crippen LogP contribution in [0, 0.1) is 0 Å². The zero-order chi connectivity index (χ0) is 12.1. The van der Waals surface area contributed by atoms with Crippen LogP contribution in [0.3, 0.4) is 0 Å². The molecule has 0 amide bonds. The second kappa shape index (κ2) is 6.62. The highest BCUT2D eigenvalue weighted by molar-refractivity contribution is 9.10. The largest absolute Gasteiger partial charge is 0.492 e. The van der Waals surface area contributed by atoms with E-state index in [1.165, 1.54) is 19.3 Å². The third-order valence-electron chi connectivity index (χ3n) is 2.73. The molecule has 1 aromatic carbocycles. The van der Waals surface area contributed by atoms with E-state index in [4.69, 9.17) is 16.3 Å². The van der Waals surface area contributed by atoms with Gasteiger partial charge in [-0.2, -0.15) is 0 Å². The normalized spacial score (nSPS) is 14.9. The zero-order valence-corrected chi connectivity index (χ0v) is 12.1. The van der Waals surface area contributed by atoms with Crippen molar-refractivity contribution < 1.29 is 4.74 Å². The topological polar surface area (TPSA) is 21.3 Å². The molecule has 1 N–H and O–H groups in total. The van der Waals surface area contributed by atoms with Crippen molar-refractivity contribution in [3.05, 3.63) is 27.7 Å². The highest BCUT2D eigenvalue weighted by Crippen LogP contribution is 2.28. The van der Waals surface area contributed by atoms with Crippen molar-refractivity contribution in [2.45, 2.75) is 31.7 Å². The van der Waals surface area contributed by atoms with E-state index < -0.39 is 0 Å². The second-order valence-corrected chi connectivity index (χ2v) is 5.65. The fourth-order valence-electron chi connectivity index (χ4n) is 1.60. The first-order valence-corrected chi connectivity index (χ1v) is 7.24. The van der Waals surface area contributed by atoms with E-state index in [0.717, 1.165) is 40.9 Å². The van der Waals surface area contributed by atoms with Gasteiger partial charge in [0.15, 0.2) is 0 Å². The molecular weight excluding hydrogens is 302 g/mol. The van der Waals surface area contributed by atoms with Crippen LogP contribution in [-0.2, 0) is 0 Å². The number of unbranched alkanes of at least 4 members (excludes halogenated alkanes) is 1.